The minimum Gasteiger partial charge on any atom is -0.464 e. The van der Waals surface area contributed by atoms with Crippen LogP contribution in [-0.2, 0) is 9.47 Å². The molecule has 0 aromatic carbocycles. The van der Waals surface area contributed by atoms with Crippen molar-refractivity contribution in [2.75, 3.05) is 38.3 Å². The fourth-order valence-electron chi connectivity index (χ4n) is 1.87. The van der Waals surface area contributed by atoms with E-state index in [1.54, 1.807) is 13.1 Å². The van der Waals surface area contributed by atoms with Gasteiger partial charge < -0.3 is 14.4 Å². The Hall–Kier alpha value is -1.95. The van der Waals surface area contributed by atoms with Gasteiger partial charge in [0.15, 0.2) is 5.69 Å². The Morgan fingerprint density at radius 1 is 1.42 bits per heavy atom. The van der Waals surface area contributed by atoms with Gasteiger partial charge in [-0.25, -0.2) is 14.8 Å². The van der Waals surface area contributed by atoms with Crippen LogP contribution in [0.4, 0.5) is 5.82 Å². The molecule has 1 aliphatic heterocycles. The summed E-state index contributed by atoms with van der Waals surface area (Å²) in [7, 11) is 1.32. The molecular formula is C13H17N3O3. The average Bonchev–Trinajstić information content (AvgIpc) is 2.46. The molecule has 1 fully saturated rings. The molecule has 2 heterocycles. The molecule has 6 heteroatoms. The third-order valence-electron chi connectivity index (χ3n) is 2.88. The number of ether oxygens (including phenoxy) is 2. The SMILES string of the molecule is C=C(C)c1nc(N2CCOCC2)cnc1C(=O)OC. The van der Waals surface area contributed by atoms with Gasteiger partial charge in [0.1, 0.15) is 11.5 Å². The molecule has 6 nitrogen and oxygen atoms in total. The summed E-state index contributed by atoms with van der Waals surface area (Å²) in [6, 6.07) is 0. The van der Waals surface area contributed by atoms with Crippen LogP contribution in [-0.4, -0.2) is 49.4 Å². The topological polar surface area (TPSA) is 64.5 Å². The van der Waals surface area contributed by atoms with E-state index in [1.807, 2.05) is 0 Å². The van der Waals surface area contributed by atoms with Crippen LogP contribution in [0.15, 0.2) is 12.8 Å². The lowest BCUT2D eigenvalue weighted by atomic mass is 10.2. The molecule has 0 bridgehead atoms. The lowest BCUT2D eigenvalue weighted by Crippen LogP contribution is -2.37. The highest BCUT2D eigenvalue weighted by Crippen LogP contribution is 2.19. The van der Waals surface area contributed by atoms with E-state index in [9.17, 15) is 4.79 Å². The summed E-state index contributed by atoms with van der Waals surface area (Å²) in [6.45, 7) is 8.50. The molecule has 0 saturated carbocycles. The second-order valence-corrected chi connectivity index (χ2v) is 4.30. The van der Waals surface area contributed by atoms with Gasteiger partial charge in [-0.05, 0) is 12.5 Å². The van der Waals surface area contributed by atoms with Crippen molar-refractivity contribution < 1.29 is 14.3 Å². The smallest absolute Gasteiger partial charge is 0.358 e. The highest BCUT2D eigenvalue weighted by Gasteiger charge is 2.19. The summed E-state index contributed by atoms with van der Waals surface area (Å²) in [5, 5.41) is 0. The predicted molar refractivity (Wildman–Crippen MR) is 71.1 cm³/mol. The summed E-state index contributed by atoms with van der Waals surface area (Å²) >= 11 is 0. The van der Waals surface area contributed by atoms with Crippen molar-refractivity contribution in [1.82, 2.24) is 9.97 Å². The number of hydrogen-bond acceptors (Lipinski definition) is 6. The molecule has 0 aliphatic carbocycles. The van der Waals surface area contributed by atoms with E-state index < -0.39 is 5.97 Å². The Labute approximate surface area is 112 Å². The molecule has 1 aromatic rings. The lowest BCUT2D eigenvalue weighted by molar-refractivity contribution is 0.0593. The minimum atomic E-state index is -0.501. The van der Waals surface area contributed by atoms with Gasteiger partial charge in [-0.1, -0.05) is 6.58 Å². The number of allylic oxidation sites excluding steroid dienone is 1. The first-order valence-electron chi connectivity index (χ1n) is 6.07. The van der Waals surface area contributed by atoms with Gasteiger partial charge in [-0.2, -0.15) is 0 Å². The Bertz CT molecular complexity index is 496. The fourth-order valence-corrected chi connectivity index (χ4v) is 1.87. The van der Waals surface area contributed by atoms with Crippen LogP contribution < -0.4 is 4.90 Å². The van der Waals surface area contributed by atoms with E-state index in [4.69, 9.17) is 9.47 Å². The van der Waals surface area contributed by atoms with Crippen LogP contribution in [0.1, 0.15) is 23.1 Å². The van der Waals surface area contributed by atoms with Crippen LogP contribution in [0, 0.1) is 0 Å². The number of morpholine rings is 1. The molecule has 1 aromatic heterocycles. The van der Waals surface area contributed by atoms with E-state index in [0.717, 1.165) is 18.9 Å². The monoisotopic (exact) mass is 263 g/mol. The second kappa shape index (κ2) is 5.79. The summed E-state index contributed by atoms with van der Waals surface area (Å²) in [6.07, 6.45) is 1.59. The number of hydrogen-bond donors (Lipinski definition) is 0. The number of anilines is 1. The average molecular weight is 263 g/mol. The third-order valence-corrected chi connectivity index (χ3v) is 2.88. The van der Waals surface area contributed by atoms with Gasteiger partial charge in [-0.3, -0.25) is 0 Å². The molecule has 0 unspecified atom stereocenters. The summed E-state index contributed by atoms with van der Waals surface area (Å²) in [4.78, 5) is 22.3. The zero-order valence-corrected chi connectivity index (χ0v) is 11.2. The van der Waals surface area contributed by atoms with Gasteiger partial charge in [0.2, 0.25) is 0 Å². The standard InChI is InChI=1S/C13H17N3O3/c1-9(2)11-12(13(17)18-3)14-8-10(15-11)16-4-6-19-7-5-16/h8H,1,4-7H2,2-3H3. The van der Waals surface area contributed by atoms with Crippen molar-refractivity contribution in [3.63, 3.8) is 0 Å². The summed E-state index contributed by atoms with van der Waals surface area (Å²) < 4.78 is 9.99. The maximum atomic E-state index is 11.6. The first-order chi connectivity index (χ1) is 9.13. The van der Waals surface area contributed by atoms with E-state index in [1.165, 1.54) is 7.11 Å². The molecule has 0 N–H and O–H groups in total. The number of carbonyl (C=O) groups excluding carboxylic acids is 1. The molecule has 102 valence electrons. The zero-order valence-electron chi connectivity index (χ0n) is 11.2. The normalized spacial score (nSPS) is 15.2. The Morgan fingerprint density at radius 3 is 2.68 bits per heavy atom. The van der Waals surface area contributed by atoms with Crippen molar-refractivity contribution >= 4 is 17.4 Å². The van der Waals surface area contributed by atoms with Gasteiger partial charge in [0.05, 0.1) is 26.5 Å². The van der Waals surface area contributed by atoms with Crippen molar-refractivity contribution in [1.29, 1.82) is 0 Å². The molecule has 2 rings (SSSR count). The number of methoxy groups -OCH3 is 1. The molecule has 0 radical (unpaired) electrons. The number of aromatic nitrogens is 2. The van der Waals surface area contributed by atoms with Gasteiger partial charge in [0, 0.05) is 13.1 Å². The van der Waals surface area contributed by atoms with Crippen molar-refractivity contribution in [2.45, 2.75) is 6.92 Å². The zero-order chi connectivity index (χ0) is 13.8. The molecule has 0 amide bonds. The van der Waals surface area contributed by atoms with Crippen LogP contribution in [0.3, 0.4) is 0 Å². The van der Waals surface area contributed by atoms with E-state index in [0.29, 0.717) is 24.5 Å². The van der Waals surface area contributed by atoms with E-state index in [-0.39, 0.29) is 5.69 Å². The summed E-state index contributed by atoms with van der Waals surface area (Å²) in [5.41, 5.74) is 1.37. The van der Waals surface area contributed by atoms with Crippen molar-refractivity contribution in [2.24, 2.45) is 0 Å². The molecule has 1 saturated heterocycles. The number of esters is 1. The number of nitrogens with zero attached hydrogens (tertiary/aromatic N) is 3. The van der Waals surface area contributed by atoms with E-state index in [2.05, 4.69) is 21.4 Å². The van der Waals surface area contributed by atoms with Crippen LogP contribution >= 0.6 is 0 Å². The van der Waals surface area contributed by atoms with Crippen LogP contribution in [0.5, 0.6) is 0 Å². The molecule has 1 aliphatic rings. The predicted octanol–water partition coefficient (Wildman–Crippen LogP) is 1.13. The molecule has 19 heavy (non-hydrogen) atoms. The maximum absolute atomic E-state index is 11.6. The maximum Gasteiger partial charge on any atom is 0.358 e. The van der Waals surface area contributed by atoms with Gasteiger partial charge in [-0.15, -0.1) is 0 Å². The second-order valence-electron chi connectivity index (χ2n) is 4.30. The quantitative estimate of drug-likeness (QED) is 0.762. The van der Waals surface area contributed by atoms with Crippen LogP contribution in [0.25, 0.3) is 5.57 Å². The number of carbonyl (C=O) groups is 1. The largest absolute Gasteiger partial charge is 0.464 e. The lowest BCUT2D eigenvalue weighted by Gasteiger charge is -2.28. The Kier molecular flexibility index (Phi) is 4.11. The highest BCUT2D eigenvalue weighted by molar-refractivity contribution is 5.92. The highest BCUT2D eigenvalue weighted by atomic mass is 16.5. The first kappa shape index (κ1) is 13.5. The Balaban J connectivity index is 2.35. The molecule has 0 spiro atoms. The number of rotatable bonds is 3. The van der Waals surface area contributed by atoms with Crippen molar-refractivity contribution in [3.8, 4) is 0 Å². The van der Waals surface area contributed by atoms with Crippen LogP contribution in [0.2, 0.25) is 0 Å². The van der Waals surface area contributed by atoms with E-state index >= 15 is 0 Å². The third kappa shape index (κ3) is 2.90. The Morgan fingerprint density at radius 2 is 2.11 bits per heavy atom. The van der Waals surface area contributed by atoms with Crippen molar-refractivity contribution in [3.05, 3.63) is 24.2 Å². The van der Waals surface area contributed by atoms with Gasteiger partial charge >= 0.3 is 5.97 Å². The molecule has 0 atom stereocenters. The fraction of sp³-hybridized carbons (Fsp3) is 0.462. The summed E-state index contributed by atoms with van der Waals surface area (Å²) in [5.74, 6) is 0.230. The molecular weight excluding hydrogens is 246 g/mol. The van der Waals surface area contributed by atoms with Gasteiger partial charge in [0.25, 0.3) is 0 Å². The minimum absolute atomic E-state index is 0.201. The first-order valence-corrected chi connectivity index (χ1v) is 6.07.